The van der Waals surface area contributed by atoms with Crippen LogP contribution in [0.4, 0.5) is 0 Å². The zero-order valence-electron chi connectivity index (χ0n) is 9.16. The van der Waals surface area contributed by atoms with Crippen LogP contribution in [-0.2, 0) is 11.4 Å². The Balaban J connectivity index is 2.46. The zero-order chi connectivity index (χ0) is 11.1. The Morgan fingerprint density at radius 1 is 1.33 bits per heavy atom. The van der Waals surface area contributed by atoms with Gasteiger partial charge in [0.15, 0.2) is 4.90 Å². The van der Waals surface area contributed by atoms with Crippen molar-refractivity contribution >= 4 is 11.4 Å². The summed E-state index contributed by atoms with van der Waals surface area (Å²) in [6, 6.07) is 7.26. The molecule has 0 radical (unpaired) electrons. The van der Waals surface area contributed by atoms with E-state index in [1.807, 2.05) is 24.3 Å². The lowest BCUT2D eigenvalue weighted by Gasteiger charge is -2.10. The van der Waals surface area contributed by atoms with Crippen LogP contribution < -0.4 is 9.46 Å². The van der Waals surface area contributed by atoms with Gasteiger partial charge in [0, 0.05) is 6.54 Å². The van der Waals surface area contributed by atoms with Crippen LogP contribution in [0.1, 0.15) is 19.8 Å². The zero-order valence-corrected chi connectivity index (χ0v) is 9.97. The number of hydrogen-bond donors (Lipinski definition) is 1. The molecular weight excluding hydrogens is 210 g/mol. The maximum Gasteiger partial charge on any atom is 0.174 e. The number of rotatable bonds is 6. The number of unbranched alkanes of at least 4 members (excludes halogenated alkanes) is 1. The Kier molecular flexibility index (Phi) is 5.53. The molecule has 84 valence electrons. The van der Waals surface area contributed by atoms with Crippen molar-refractivity contribution < 1.29 is 9.29 Å². The molecule has 1 aromatic carbocycles. The van der Waals surface area contributed by atoms with Crippen molar-refractivity contribution in [2.75, 3.05) is 13.7 Å². The van der Waals surface area contributed by atoms with Crippen LogP contribution in [0.5, 0.6) is 5.75 Å². The fraction of sp³-hybridized carbons (Fsp3) is 0.455. The SMILES string of the molecule is CCCCN[S+]([O-])c1ccc(OC)cc1. The lowest BCUT2D eigenvalue weighted by Crippen LogP contribution is -2.24. The first-order valence-electron chi connectivity index (χ1n) is 5.07. The highest BCUT2D eigenvalue weighted by Gasteiger charge is 2.09. The van der Waals surface area contributed by atoms with Crippen molar-refractivity contribution in [3.05, 3.63) is 24.3 Å². The van der Waals surface area contributed by atoms with E-state index in [1.165, 1.54) is 0 Å². The number of benzene rings is 1. The van der Waals surface area contributed by atoms with E-state index >= 15 is 0 Å². The number of hydrogen-bond acceptors (Lipinski definition) is 3. The molecule has 0 fully saturated rings. The molecule has 0 heterocycles. The Hall–Kier alpha value is -0.710. The van der Waals surface area contributed by atoms with E-state index in [-0.39, 0.29) is 0 Å². The molecule has 1 aromatic rings. The van der Waals surface area contributed by atoms with Gasteiger partial charge in [-0.15, -0.1) is 4.72 Å². The quantitative estimate of drug-likeness (QED) is 0.598. The second-order valence-corrected chi connectivity index (χ2v) is 4.49. The van der Waals surface area contributed by atoms with Crippen molar-refractivity contribution in [2.24, 2.45) is 0 Å². The maximum atomic E-state index is 11.7. The van der Waals surface area contributed by atoms with Gasteiger partial charge in [-0.2, -0.15) is 0 Å². The topological polar surface area (TPSA) is 44.3 Å². The van der Waals surface area contributed by atoms with E-state index in [1.54, 1.807) is 7.11 Å². The van der Waals surface area contributed by atoms with E-state index in [0.29, 0.717) is 0 Å². The highest BCUT2D eigenvalue weighted by Crippen LogP contribution is 2.15. The summed E-state index contributed by atoms with van der Waals surface area (Å²) < 4.78 is 19.7. The molecule has 0 bridgehead atoms. The highest BCUT2D eigenvalue weighted by molar-refractivity contribution is 7.89. The number of ether oxygens (including phenoxy) is 1. The highest BCUT2D eigenvalue weighted by atomic mass is 32.2. The van der Waals surface area contributed by atoms with Crippen LogP contribution in [0.2, 0.25) is 0 Å². The monoisotopic (exact) mass is 227 g/mol. The van der Waals surface area contributed by atoms with E-state index in [4.69, 9.17) is 4.74 Å². The van der Waals surface area contributed by atoms with Crippen molar-refractivity contribution in [1.29, 1.82) is 0 Å². The first-order valence-corrected chi connectivity index (χ1v) is 6.22. The molecule has 15 heavy (non-hydrogen) atoms. The van der Waals surface area contributed by atoms with Crippen molar-refractivity contribution in [2.45, 2.75) is 24.7 Å². The molecule has 3 nitrogen and oxygen atoms in total. The van der Waals surface area contributed by atoms with Gasteiger partial charge < -0.3 is 9.29 Å². The van der Waals surface area contributed by atoms with Crippen LogP contribution in [-0.4, -0.2) is 18.2 Å². The van der Waals surface area contributed by atoms with E-state index in [2.05, 4.69) is 11.6 Å². The normalized spacial score (nSPS) is 12.5. The van der Waals surface area contributed by atoms with Gasteiger partial charge in [-0.05, 0) is 30.7 Å². The van der Waals surface area contributed by atoms with Gasteiger partial charge >= 0.3 is 0 Å². The molecule has 1 atom stereocenters. The molecule has 0 aliphatic heterocycles. The van der Waals surface area contributed by atoms with E-state index < -0.39 is 11.4 Å². The van der Waals surface area contributed by atoms with Crippen LogP contribution in [0.25, 0.3) is 0 Å². The van der Waals surface area contributed by atoms with Gasteiger partial charge in [0.1, 0.15) is 5.75 Å². The molecule has 0 aliphatic carbocycles. The summed E-state index contributed by atoms with van der Waals surface area (Å²) in [5.41, 5.74) is 0. The van der Waals surface area contributed by atoms with E-state index in [0.717, 1.165) is 30.0 Å². The summed E-state index contributed by atoms with van der Waals surface area (Å²) in [6.45, 7) is 2.90. The molecule has 0 amide bonds. The second-order valence-electron chi connectivity index (χ2n) is 3.19. The standard InChI is InChI=1S/C11H17NO2S/c1-3-4-9-12-15(13)11-7-5-10(14-2)6-8-11/h5-8,12H,3-4,9H2,1-2H3. The fourth-order valence-corrected chi connectivity index (χ4v) is 2.00. The average molecular weight is 227 g/mol. The molecule has 0 aliphatic rings. The largest absolute Gasteiger partial charge is 0.593 e. The molecule has 4 heteroatoms. The van der Waals surface area contributed by atoms with Crippen molar-refractivity contribution in [3.63, 3.8) is 0 Å². The molecule has 1 unspecified atom stereocenters. The summed E-state index contributed by atoms with van der Waals surface area (Å²) in [5, 5.41) is 0. The van der Waals surface area contributed by atoms with E-state index in [9.17, 15) is 4.55 Å². The minimum atomic E-state index is -1.10. The van der Waals surface area contributed by atoms with Crippen molar-refractivity contribution in [3.8, 4) is 5.75 Å². The first kappa shape index (κ1) is 12.4. The summed E-state index contributed by atoms with van der Waals surface area (Å²) in [7, 11) is 1.62. The van der Waals surface area contributed by atoms with Crippen LogP contribution in [0.3, 0.4) is 0 Å². The summed E-state index contributed by atoms with van der Waals surface area (Å²) in [6.07, 6.45) is 2.15. The first-order chi connectivity index (χ1) is 7.27. The van der Waals surface area contributed by atoms with Gasteiger partial charge in [-0.1, -0.05) is 13.3 Å². The minimum Gasteiger partial charge on any atom is -0.593 e. The fourth-order valence-electron chi connectivity index (χ4n) is 1.12. The van der Waals surface area contributed by atoms with Gasteiger partial charge in [-0.3, -0.25) is 0 Å². The molecule has 1 rings (SSSR count). The Morgan fingerprint density at radius 3 is 2.53 bits per heavy atom. The summed E-state index contributed by atoms with van der Waals surface area (Å²) >= 11 is -1.10. The lowest BCUT2D eigenvalue weighted by atomic mass is 10.3. The molecular formula is C11H17NO2S. The van der Waals surface area contributed by atoms with Crippen LogP contribution in [0.15, 0.2) is 29.2 Å². The van der Waals surface area contributed by atoms with Crippen LogP contribution in [0, 0.1) is 0 Å². The third-order valence-electron chi connectivity index (χ3n) is 2.04. The average Bonchev–Trinajstić information content (AvgIpc) is 2.29. The minimum absolute atomic E-state index is 0.782. The molecule has 0 saturated heterocycles. The Morgan fingerprint density at radius 2 is 2.00 bits per heavy atom. The van der Waals surface area contributed by atoms with Crippen LogP contribution >= 0.6 is 0 Å². The Bertz CT molecular complexity index is 276. The smallest absolute Gasteiger partial charge is 0.174 e. The molecule has 1 N–H and O–H groups in total. The third kappa shape index (κ3) is 4.11. The molecule has 0 spiro atoms. The number of nitrogens with one attached hydrogen (secondary N) is 1. The maximum absolute atomic E-state index is 11.7. The molecule has 0 aromatic heterocycles. The van der Waals surface area contributed by atoms with Gasteiger partial charge in [0.2, 0.25) is 0 Å². The van der Waals surface area contributed by atoms with Crippen molar-refractivity contribution in [1.82, 2.24) is 4.72 Å². The third-order valence-corrected chi connectivity index (χ3v) is 3.20. The second kappa shape index (κ2) is 6.71. The Labute approximate surface area is 94.1 Å². The summed E-state index contributed by atoms with van der Waals surface area (Å²) in [4.78, 5) is 0.784. The molecule has 0 saturated carbocycles. The van der Waals surface area contributed by atoms with Gasteiger partial charge in [0.25, 0.3) is 0 Å². The predicted molar refractivity (Wildman–Crippen MR) is 62.3 cm³/mol. The van der Waals surface area contributed by atoms with Gasteiger partial charge in [-0.25, -0.2) is 0 Å². The van der Waals surface area contributed by atoms with Gasteiger partial charge in [0.05, 0.1) is 18.5 Å². The number of methoxy groups -OCH3 is 1. The summed E-state index contributed by atoms with van der Waals surface area (Å²) in [5.74, 6) is 0.782. The lowest BCUT2D eigenvalue weighted by molar-refractivity contribution is 0.414. The predicted octanol–water partition coefficient (Wildman–Crippen LogP) is 2.11.